The van der Waals surface area contributed by atoms with E-state index in [0.29, 0.717) is 12.8 Å². The smallest absolute Gasteiger partial charge is 0.263 e. The van der Waals surface area contributed by atoms with Crippen LogP contribution in [0.4, 0.5) is 8.78 Å². The normalized spacial score (nSPS) is 24.0. The quantitative estimate of drug-likeness (QED) is 0.645. The van der Waals surface area contributed by atoms with Crippen molar-refractivity contribution in [3.63, 3.8) is 0 Å². The van der Waals surface area contributed by atoms with Gasteiger partial charge < -0.3 is 0 Å². The van der Waals surface area contributed by atoms with Gasteiger partial charge in [0.2, 0.25) is 0 Å². The molecule has 1 aliphatic heterocycles. The molecule has 1 aliphatic rings. The molecular formula is C14H29F2N. The van der Waals surface area contributed by atoms with Crippen molar-refractivity contribution in [1.82, 2.24) is 4.90 Å². The van der Waals surface area contributed by atoms with E-state index in [1.165, 1.54) is 0 Å². The first-order valence-corrected chi connectivity index (χ1v) is 7.20. The molecule has 17 heavy (non-hydrogen) atoms. The predicted molar refractivity (Wildman–Crippen MR) is 70.7 cm³/mol. The van der Waals surface area contributed by atoms with Gasteiger partial charge in [-0.15, -0.1) is 0 Å². The van der Waals surface area contributed by atoms with Crippen LogP contribution in [0.5, 0.6) is 0 Å². The fourth-order valence-electron chi connectivity index (χ4n) is 2.33. The highest BCUT2D eigenvalue weighted by Gasteiger charge is 2.42. The summed E-state index contributed by atoms with van der Waals surface area (Å²) in [7, 11) is 0. The van der Waals surface area contributed by atoms with E-state index < -0.39 is 5.92 Å². The number of unbranched alkanes of at least 4 members (excludes halogenated alkanes) is 2. The molecule has 0 radical (unpaired) electrons. The number of likely N-dealkylation sites (tertiary alicyclic amines) is 1. The summed E-state index contributed by atoms with van der Waals surface area (Å²) < 4.78 is 27.2. The highest BCUT2D eigenvalue weighted by atomic mass is 19.3. The summed E-state index contributed by atoms with van der Waals surface area (Å²) in [6.07, 6.45) is 4.63. The zero-order valence-electron chi connectivity index (χ0n) is 11.9. The van der Waals surface area contributed by atoms with Crippen molar-refractivity contribution in [3.05, 3.63) is 0 Å². The van der Waals surface area contributed by atoms with E-state index in [2.05, 4.69) is 6.92 Å². The maximum atomic E-state index is 13.6. The second-order valence-corrected chi connectivity index (χ2v) is 4.64. The Labute approximate surface area is 106 Å². The highest BCUT2D eigenvalue weighted by Crippen LogP contribution is 2.34. The second kappa shape index (κ2) is 8.84. The van der Waals surface area contributed by atoms with Crippen molar-refractivity contribution >= 4 is 0 Å². The number of halogens is 2. The lowest BCUT2D eigenvalue weighted by atomic mass is 9.90. The van der Waals surface area contributed by atoms with Gasteiger partial charge in [-0.25, -0.2) is 8.78 Å². The van der Waals surface area contributed by atoms with E-state index in [4.69, 9.17) is 0 Å². The van der Waals surface area contributed by atoms with Crippen molar-refractivity contribution in [2.75, 3.05) is 19.6 Å². The Morgan fingerprint density at radius 2 is 1.82 bits per heavy atom. The third-order valence-electron chi connectivity index (χ3n) is 3.40. The van der Waals surface area contributed by atoms with Crippen LogP contribution in [0.3, 0.4) is 0 Å². The molecule has 0 spiro atoms. The minimum atomic E-state index is -2.46. The second-order valence-electron chi connectivity index (χ2n) is 4.64. The molecule has 1 atom stereocenters. The Morgan fingerprint density at radius 3 is 2.29 bits per heavy atom. The van der Waals surface area contributed by atoms with Gasteiger partial charge in [-0.1, -0.05) is 40.5 Å². The summed E-state index contributed by atoms with van der Waals surface area (Å²) in [6.45, 7) is 9.69. The Hall–Kier alpha value is -0.180. The van der Waals surface area contributed by atoms with Crippen LogP contribution in [-0.4, -0.2) is 30.5 Å². The largest absolute Gasteiger partial charge is 0.297 e. The van der Waals surface area contributed by atoms with Crippen molar-refractivity contribution in [1.29, 1.82) is 0 Å². The molecule has 0 N–H and O–H groups in total. The standard InChI is InChI=1S/C12H23F2N.C2H6/c1-3-5-6-8-15-9-7-11(4-2)12(13,14)10-15;1-2/h11H,3-10H2,1-2H3;1-2H3. The zero-order chi connectivity index (χ0) is 13.3. The summed E-state index contributed by atoms with van der Waals surface area (Å²) in [5.74, 6) is -2.85. The van der Waals surface area contributed by atoms with Crippen LogP contribution in [0, 0.1) is 5.92 Å². The van der Waals surface area contributed by atoms with Gasteiger partial charge in [0, 0.05) is 5.92 Å². The van der Waals surface area contributed by atoms with E-state index >= 15 is 0 Å². The van der Waals surface area contributed by atoms with Crippen LogP contribution in [0.25, 0.3) is 0 Å². The molecule has 0 amide bonds. The number of piperidine rings is 1. The van der Waals surface area contributed by atoms with Gasteiger partial charge in [0.1, 0.15) is 0 Å². The summed E-state index contributed by atoms with van der Waals surface area (Å²) in [6, 6.07) is 0. The molecule has 1 fully saturated rings. The lowest BCUT2D eigenvalue weighted by Crippen LogP contribution is -2.48. The van der Waals surface area contributed by atoms with Gasteiger partial charge in [0.25, 0.3) is 5.92 Å². The lowest BCUT2D eigenvalue weighted by molar-refractivity contribution is -0.111. The van der Waals surface area contributed by atoms with Gasteiger partial charge in [-0.05, 0) is 32.4 Å². The van der Waals surface area contributed by atoms with E-state index in [1.807, 2.05) is 25.7 Å². The molecule has 0 aliphatic carbocycles. The van der Waals surface area contributed by atoms with Gasteiger partial charge >= 0.3 is 0 Å². The number of alkyl halides is 2. The van der Waals surface area contributed by atoms with E-state index in [0.717, 1.165) is 32.4 Å². The molecule has 1 saturated heterocycles. The fourth-order valence-corrected chi connectivity index (χ4v) is 2.33. The van der Waals surface area contributed by atoms with E-state index in [9.17, 15) is 8.78 Å². The summed E-state index contributed by atoms with van der Waals surface area (Å²) >= 11 is 0. The topological polar surface area (TPSA) is 3.24 Å². The van der Waals surface area contributed by atoms with Crippen molar-refractivity contribution in [2.45, 2.75) is 65.7 Å². The fraction of sp³-hybridized carbons (Fsp3) is 1.00. The predicted octanol–water partition coefficient (Wildman–Crippen LogP) is 4.57. The van der Waals surface area contributed by atoms with Crippen molar-refractivity contribution in [2.24, 2.45) is 5.92 Å². The van der Waals surface area contributed by atoms with Gasteiger partial charge in [-0.3, -0.25) is 4.90 Å². The SMILES string of the molecule is CC.CCCCCN1CCC(CC)C(F)(F)C1. The average molecular weight is 249 g/mol. The van der Waals surface area contributed by atoms with Gasteiger partial charge in [0.05, 0.1) is 6.54 Å². The highest BCUT2D eigenvalue weighted by molar-refractivity contribution is 4.85. The third kappa shape index (κ3) is 5.80. The van der Waals surface area contributed by atoms with Crippen LogP contribution in [0.1, 0.15) is 59.8 Å². The molecule has 0 aromatic carbocycles. The maximum absolute atomic E-state index is 13.6. The zero-order valence-corrected chi connectivity index (χ0v) is 11.9. The summed E-state index contributed by atoms with van der Waals surface area (Å²) in [4.78, 5) is 1.93. The molecule has 104 valence electrons. The van der Waals surface area contributed by atoms with Crippen LogP contribution >= 0.6 is 0 Å². The Morgan fingerprint density at radius 1 is 1.18 bits per heavy atom. The first-order chi connectivity index (χ1) is 8.10. The number of rotatable bonds is 5. The number of nitrogens with zero attached hydrogens (tertiary/aromatic N) is 1. The summed E-state index contributed by atoms with van der Waals surface area (Å²) in [5, 5.41) is 0. The van der Waals surface area contributed by atoms with Crippen LogP contribution in [-0.2, 0) is 0 Å². The molecule has 1 nitrogen and oxygen atoms in total. The van der Waals surface area contributed by atoms with Crippen molar-refractivity contribution < 1.29 is 8.78 Å². The number of hydrogen-bond acceptors (Lipinski definition) is 1. The van der Waals surface area contributed by atoms with Crippen LogP contribution in [0.2, 0.25) is 0 Å². The first-order valence-electron chi connectivity index (χ1n) is 7.20. The Kier molecular flexibility index (Phi) is 8.75. The molecular weight excluding hydrogens is 220 g/mol. The Balaban J connectivity index is 0.00000121. The van der Waals surface area contributed by atoms with Crippen LogP contribution < -0.4 is 0 Å². The summed E-state index contributed by atoms with van der Waals surface area (Å²) in [5.41, 5.74) is 0. The Bertz CT molecular complexity index is 181. The van der Waals surface area contributed by atoms with E-state index in [1.54, 1.807) is 0 Å². The molecule has 0 aromatic heterocycles. The van der Waals surface area contributed by atoms with Gasteiger partial charge in [0.15, 0.2) is 0 Å². The lowest BCUT2D eigenvalue weighted by Gasteiger charge is -2.38. The van der Waals surface area contributed by atoms with Gasteiger partial charge in [-0.2, -0.15) is 0 Å². The minimum absolute atomic E-state index is 0.0186. The molecule has 0 saturated carbocycles. The molecule has 1 unspecified atom stereocenters. The molecule has 1 heterocycles. The molecule has 0 aromatic rings. The monoisotopic (exact) mass is 249 g/mol. The molecule has 1 rings (SSSR count). The van der Waals surface area contributed by atoms with Crippen molar-refractivity contribution in [3.8, 4) is 0 Å². The number of hydrogen-bond donors (Lipinski definition) is 0. The third-order valence-corrected chi connectivity index (χ3v) is 3.40. The average Bonchev–Trinajstić information content (AvgIpc) is 2.31. The molecule has 3 heteroatoms. The van der Waals surface area contributed by atoms with E-state index in [-0.39, 0.29) is 12.5 Å². The van der Waals surface area contributed by atoms with Crippen LogP contribution in [0.15, 0.2) is 0 Å². The minimum Gasteiger partial charge on any atom is -0.297 e. The first kappa shape index (κ1) is 16.8. The molecule has 0 bridgehead atoms. The maximum Gasteiger partial charge on any atom is 0.263 e.